The number of carbonyl (C=O) groups excluding carboxylic acids is 1. The van der Waals surface area contributed by atoms with E-state index >= 15 is 0 Å². The first kappa shape index (κ1) is 11.6. The third-order valence-electron chi connectivity index (χ3n) is 1.90. The van der Waals surface area contributed by atoms with Crippen LogP contribution in [-0.4, -0.2) is 36.2 Å². The van der Waals surface area contributed by atoms with Crippen LogP contribution in [0.5, 0.6) is 0 Å². The Morgan fingerprint density at radius 1 is 1.53 bits per heavy atom. The van der Waals surface area contributed by atoms with Crippen LogP contribution >= 0.6 is 0 Å². The second-order valence-corrected chi connectivity index (χ2v) is 3.03. The molecule has 0 atom stereocenters. The van der Waals surface area contributed by atoms with Crippen LogP contribution in [0.3, 0.4) is 0 Å². The predicted molar refractivity (Wildman–Crippen MR) is 56.4 cm³/mol. The summed E-state index contributed by atoms with van der Waals surface area (Å²) < 4.78 is 0. The fourth-order valence-corrected chi connectivity index (χ4v) is 1.10. The molecular weight excluding hydrogens is 194 g/mol. The molecule has 3 N–H and O–H groups in total. The molecule has 1 aromatic heterocycles. The largest absolute Gasteiger partial charge is 0.395 e. The van der Waals surface area contributed by atoms with Gasteiger partial charge in [-0.05, 0) is 11.6 Å². The molecule has 0 saturated heterocycles. The maximum atomic E-state index is 11.2. The molecule has 15 heavy (non-hydrogen) atoms. The summed E-state index contributed by atoms with van der Waals surface area (Å²) >= 11 is 0. The normalized spacial score (nSPS) is 10.0. The van der Waals surface area contributed by atoms with Crippen molar-refractivity contribution in [3.05, 3.63) is 29.6 Å². The van der Waals surface area contributed by atoms with Gasteiger partial charge in [-0.3, -0.25) is 9.78 Å². The SMILES string of the molecule is CNC(=O)c1ccc(CNCCO)cn1. The molecule has 1 aromatic rings. The summed E-state index contributed by atoms with van der Waals surface area (Å²) in [5.41, 5.74) is 1.39. The lowest BCUT2D eigenvalue weighted by Crippen LogP contribution is -2.20. The van der Waals surface area contributed by atoms with Gasteiger partial charge in [-0.15, -0.1) is 0 Å². The molecule has 0 radical (unpaired) electrons. The Bertz CT molecular complexity index is 311. The van der Waals surface area contributed by atoms with Crippen LogP contribution < -0.4 is 10.6 Å². The minimum atomic E-state index is -0.190. The first-order chi connectivity index (χ1) is 7.27. The second kappa shape index (κ2) is 6.10. The summed E-state index contributed by atoms with van der Waals surface area (Å²) in [5, 5.41) is 14.1. The monoisotopic (exact) mass is 209 g/mol. The van der Waals surface area contributed by atoms with Crippen molar-refractivity contribution in [1.29, 1.82) is 0 Å². The van der Waals surface area contributed by atoms with Crippen molar-refractivity contribution in [2.45, 2.75) is 6.54 Å². The van der Waals surface area contributed by atoms with E-state index in [2.05, 4.69) is 15.6 Å². The standard InChI is InChI=1S/C10H15N3O2/c1-11-10(15)9-3-2-8(7-13-9)6-12-4-5-14/h2-3,7,12,14H,4-6H2,1H3,(H,11,15). The van der Waals surface area contributed by atoms with Gasteiger partial charge < -0.3 is 15.7 Å². The van der Waals surface area contributed by atoms with Crippen LogP contribution in [0.4, 0.5) is 0 Å². The maximum Gasteiger partial charge on any atom is 0.269 e. The Morgan fingerprint density at radius 2 is 2.33 bits per heavy atom. The van der Waals surface area contributed by atoms with Crippen molar-refractivity contribution in [2.75, 3.05) is 20.2 Å². The molecule has 0 aromatic carbocycles. The molecule has 0 aliphatic heterocycles. The summed E-state index contributed by atoms with van der Waals surface area (Å²) in [7, 11) is 1.57. The van der Waals surface area contributed by atoms with Gasteiger partial charge in [0.05, 0.1) is 6.61 Å². The first-order valence-electron chi connectivity index (χ1n) is 4.76. The lowest BCUT2D eigenvalue weighted by atomic mass is 10.2. The van der Waals surface area contributed by atoms with Crippen LogP contribution in [0.15, 0.2) is 18.3 Å². The number of carbonyl (C=O) groups is 1. The Kier molecular flexibility index (Phi) is 4.73. The van der Waals surface area contributed by atoms with Crippen molar-refractivity contribution < 1.29 is 9.90 Å². The van der Waals surface area contributed by atoms with E-state index in [1.54, 1.807) is 19.3 Å². The van der Waals surface area contributed by atoms with Gasteiger partial charge in [-0.1, -0.05) is 6.07 Å². The summed E-state index contributed by atoms with van der Waals surface area (Å²) in [6.07, 6.45) is 1.65. The van der Waals surface area contributed by atoms with E-state index in [4.69, 9.17) is 5.11 Å². The molecule has 5 heteroatoms. The van der Waals surface area contributed by atoms with E-state index in [1.807, 2.05) is 6.07 Å². The number of pyridine rings is 1. The van der Waals surface area contributed by atoms with Crippen LogP contribution in [0.2, 0.25) is 0 Å². The van der Waals surface area contributed by atoms with Crippen LogP contribution in [-0.2, 0) is 6.54 Å². The Balaban J connectivity index is 2.52. The number of nitrogens with one attached hydrogen (secondary N) is 2. The van der Waals surface area contributed by atoms with Crippen molar-refractivity contribution in [1.82, 2.24) is 15.6 Å². The molecule has 0 saturated carbocycles. The number of aliphatic hydroxyl groups is 1. The van der Waals surface area contributed by atoms with Crippen molar-refractivity contribution in [3.8, 4) is 0 Å². The van der Waals surface area contributed by atoms with Gasteiger partial charge >= 0.3 is 0 Å². The highest BCUT2D eigenvalue weighted by molar-refractivity contribution is 5.91. The fraction of sp³-hybridized carbons (Fsp3) is 0.400. The maximum absolute atomic E-state index is 11.2. The van der Waals surface area contributed by atoms with Gasteiger partial charge in [0.2, 0.25) is 0 Å². The number of amides is 1. The second-order valence-electron chi connectivity index (χ2n) is 3.03. The molecule has 1 heterocycles. The molecule has 82 valence electrons. The average Bonchev–Trinajstić information content (AvgIpc) is 2.29. The minimum Gasteiger partial charge on any atom is -0.395 e. The van der Waals surface area contributed by atoms with Crippen LogP contribution in [0.25, 0.3) is 0 Å². The van der Waals surface area contributed by atoms with Gasteiger partial charge in [0.15, 0.2) is 0 Å². The summed E-state index contributed by atoms with van der Waals surface area (Å²) in [5.74, 6) is -0.190. The molecule has 0 aliphatic carbocycles. The number of rotatable bonds is 5. The van der Waals surface area contributed by atoms with Crippen LogP contribution in [0, 0.1) is 0 Å². The number of hydrogen-bond acceptors (Lipinski definition) is 4. The fourth-order valence-electron chi connectivity index (χ4n) is 1.10. The Hall–Kier alpha value is -1.46. The van der Waals surface area contributed by atoms with E-state index in [9.17, 15) is 4.79 Å². The molecule has 5 nitrogen and oxygen atoms in total. The molecule has 1 amide bonds. The van der Waals surface area contributed by atoms with Gasteiger partial charge in [-0.2, -0.15) is 0 Å². The van der Waals surface area contributed by atoms with Gasteiger partial charge in [0.25, 0.3) is 5.91 Å². The number of nitrogens with zero attached hydrogens (tertiary/aromatic N) is 1. The summed E-state index contributed by atoms with van der Waals surface area (Å²) in [4.78, 5) is 15.2. The zero-order valence-electron chi connectivity index (χ0n) is 8.66. The molecule has 0 aliphatic rings. The minimum absolute atomic E-state index is 0.115. The topological polar surface area (TPSA) is 74.2 Å². The summed E-state index contributed by atoms with van der Waals surface area (Å²) in [6, 6.07) is 3.51. The predicted octanol–water partition coefficient (Wildman–Crippen LogP) is -0.477. The number of hydrogen-bond donors (Lipinski definition) is 3. The van der Waals surface area contributed by atoms with E-state index in [0.29, 0.717) is 18.8 Å². The first-order valence-corrected chi connectivity index (χ1v) is 4.76. The van der Waals surface area contributed by atoms with Crippen molar-refractivity contribution in [3.63, 3.8) is 0 Å². The number of aromatic nitrogens is 1. The zero-order chi connectivity index (χ0) is 11.1. The highest BCUT2D eigenvalue weighted by Gasteiger charge is 2.03. The smallest absolute Gasteiger partial charge is 0.269 e. The Morgan fingerprint density at radius 3 is 2.87 bits per heavy atom. The highest BCUT2D eigenvalue weighted by atomic mass is 16.3. The summed E-state index contributed by atoms with van der Waals surface area (Å²) in [6.45, 7) is 1.31. The third kappa shape index (κ3) is 3.65. The number of aliphatic hydroxyl groups excluding tert-OH is 1. The molecule has 0 unspecified atom stereocenters. The molecule has 0 spiro atoms. The van der Waals surface area contributed by atoms with Gasteiger partial charge in [0, 0.05) is 26.3 Å². The van der Waals surface area contributed by atoms with Crippen molar-refractivity contribution >= 4 is 5.91 Å². The van der Waals surface area contributed by atoms with Gasteiger partial charge in [-0.25, -0.2) is 0 Å². The average molecular weight is 209 g/mol. The Labute approximate surface area is 88.5 Å². The van der Waals surface area contributed by atoms with Crippen molar-refractivity contribution in [2.24, 2.45) is 0 Å². The molecule has 0 fully saturated rings. The zero-order valence-corrected chi connectivity index (χ0v) is 8.66. The molecular formula is C10H15N3O2. The van der Waals surface area contributed by atoms with E-state index < -0.39 is 0 Å². The molecule has 0 bridgehead atoms. The highest BCUT2D eigenvalue weighted by Crippen LogP contribution is 1.99. The van der Waals surface area contributed by atoms with E-state index in [-0.39, 0.29) is 12.5 Å². The lowest BCUT2D eigenvalue weighted by molar-refractivity contribution is 0.0958. The quantitative estimate of drug-likeness (QED) is 0.573. The van der Waals surface area contributed by atoms with Crippen LogP contribution in [0.1, 0.15) is 16.1 Å². The van der Waals surface area contributed by atoms with E-state index in [0.717, 1.165) is 5.56 Å². The lowest BCUT2D eigenvalue weighted by Gasteiger charge is -2.03. The molecule has 1 rings (SSSR count). The van der Waals surface area contributed by atoms with E-state index in [1.165, 1.54) is 0 Å². The third-order valence-corrected chi connectivity index (χ3v) is 1.90. The van der Waals surface area contributed by atoms with Gasteiger partial charge in [0.1, 0.15) is 5.69 Å².